The highest BCUT2D eigenvalue weighted by atomic mass is 16.5. The van der Waals surface area contributed by atoms with Crippen LogP contribution in [-0.2, 0) is 9.53 Å². The number of nitrogens with one attached hydrogen (secondary N) is 2. The Morgan fingerprint density at radius 3 is 2.46 bits per heavy atom. The van der Waals surface area contributed by atoms with E-state index in [1.165, 1.54) is 13.2 Å². The molecule has 1 heterocycles. The van der Waals surface area contributed by atoms with E-state index >= 15 is 0 Å². The summed E-state index contributed by atoms with van der Waals surface area (Å²) in [7, 11) is 1.34. The minimum absolute atomic E-state index is 0.164. The Bertz CT molecular complexity index is 970. The van der Waals surface area contributed by atoms with Crippen LogP contribution in [0, 0.1) is 5.92 Å². The number of ether oxygens (including phenoxy) is 1. The molecule has 1 aromatic heterocycles. The van der Waals surface area contributed by atoms with Crippen molar-refractivity contribution < 1.29 is 14.3 Å². The molecule has 2 aromatic carbocycles. The van der Waals surface area contributed by atoms with Gasteiger partial charge in [-0.15, -0.1) is 0 Å². The van der Waals surface area contributed by atoms with Crippen molar-refractivity contribution in [2.75, 3.05) is 7.11 Å². The summed E-state index contributed by atoms with van der Waals surface area (Å²) < 4.78 is 4.67. The zero-order chi connectivity index (χ0) is 20.1. The Balaban J connectivity index is 1.70. The fourth-order valence-corrected chi connectivity index (χ4v) is 2.89. The smallest absolute Gasteiger partial charge is 0.337 e. The molecule has 0 unspecified atom stereocenters. The lowest BCUT2D eigenvalue weighted by molar-refractivity contribution is -0.117. The van der Waals surface area contributed by atoms with Crippen LogP contribution in [0.4, 0.5) is 0 Å². The van der Waals surface area contributed by atoms with Crippen molar-refractivity contribution in [3.05, 3.63) is 71.6 Å². The summed E-state index contributed by atoms with van der Waals surface area (Å²) in [6, 6.07) is 14.4. The Morgan fingerprint density at radius 2 is 1.82 bits per heavy atom. The summed E-state index contributed by atoms with van der Waals surface area (Å²) in [6.45, 7) is 4.07. The fraction of sp³-hybridized carbons (Fsp3) is 0.227. The number of hydrogen-bond donors (Lipinski definition) is 2. The van der Waals surface area contributed by atoms with Crippen LogP contribution in [-0.4, -0.2) is 29.0 Å². The second-order valence-electron chi connectivity index (χ2n) is 6.82. The molecule has 3 aromatic rings. The van der Waals surface area contributed by atoms with Gasteiger partial charge in [0.25, 0.3) is 0 Å². The molecular weight excluding hydrogens is 354 g/mol. The number of esters is 1. The number of hydrogen-bond acceptors (Lipinski definition) is 4. The van der Waals surface area contributed by atoms with Gasteiger partial charge in [-0.25, -0.2) is 9.78 Å². The molecule has 0 spiro atoms. The van der Waals surface area contributed by atoms with Gasteiger partial charge < -0.3 is 15.0 Å². The number of benzene rings is 2. The van der Waals surface area contributed by atoms with E-state index in [0.717, 1.165) is 22.4 Å². The maximum absolute atomic E-state index is 12.4. The van der Waals surface area contributed by atoms with Crippen molar-refractivity contribution >= 4 is 29.0 Å². The van der Waals surface area contributed by atoms with E-state index in [1.54, 1.807) is 30.3 Å². The first kappa shape index (κ1) is 19.4. The molecule has 0 aliphatic heterocycles. The predicted octanol–water partition coefficient (Wildman–Crippen LogP) is 3.88. The highest BCUT2D eigenvalue weighted by Gasteiger charge is 2.20. The van der Waals surface area contributed by atoms with Gasteiger partial charge in [-0.1, -0.05) is 38.1 Å². The lowest BCUT2D eigenvalue weighted by Crippen LogP contribution is -2.31. The first-order valence-corrected chi connectivity index (χ1v) is 9.09. The maximum atomic E-state index is 12.4. The van der Waals surface area contributed by atoms with Gasteiger partial charge in [-0.3, -0.25) is 4.79 Å². The summed E-state index contributed by atoms with van der Waals surface area (Å²) >= 11 is 0. The van der Waals surface area contributed by atoms with Gasteiger partial charge in [0, 0.05) is 6.08 Å². The zero-order valence-corrected chi connectivity index (χ0v) is 16.1. The number of carbonyl (C=O) groups excluding carboxylic acids is 2. The number of para-hydroxylation sites is 2. The molecule has 6 heteroatoms. The number of H-pyrrole nitrogens is 1. The van der Waals surface area contributed by atoms with Crippen molar-refractivity contribution in [1.29, 1.82) is 0 Å². The van der Waals surface area contributed by atoms with E-state index in [2.05, 4.69) is 20.0 Å². The second-order valence-corrected chi connectivity index (χ2v) is 6.82. The van der Waals surface area contributed by atoms with E-state index in [-0.39, 0.29) is 23.8 Å². The lowest BCUT2D eigenvalue weighted by Gasteiger charge is -2.19. The summed E-state index contributed by atoms with van der Waals surface area (Å²) in [6.07, 6.45) is 3.18. The van der Waals surface area contributed by atoms with Crippen LogP contribution in [0.1, 0.15) is 41.6 Å². The van der Waals surface area contributed by atoms with E-state index in [0.29, 0.717) is 5.56 Å². The molecule has 0 saturated heterocycles. The average molecular weight is 377 g/mol. The van der Waals surface area contributed by atoms with Gasteiger partial charge in [0.2, 0.25) is 5.91 Å². The van der Waals surface area contributed by atoms with E-state index in [1.807, 2.05) is 38.1 Å². The first-order chi connectivity index (χ1) is 13.5. The Hall–Kier alpha value is -3.41. The van der Waals surface area contributed by atoms with E-state index < -0.39 is 0 Å². The number of carbonyl (C=O) groups is 2. The Morgan fingerprint density at radius 1 is 1.11 bits per heavy atom. The van der Waals surface area contributed by atoms with Crippen molar-refractivity contribution in [2.24, 2.45) is 5.92 Å². The molecule has 28 heavy (non-hydrogen) atoms. The minimum Gasteiger partial charge on any atom is -0.465 e. The molecular formula is C22H23N3O3. The molecule has 0 radical (unpaired) electrons. The monoisotopic (exact) mass is 377 g/mol. The first-order valence-electron chi connectivity index (χ1n) is 9.09. The maximum Gasteiger partial charge on any atom is 0.337 e. The number of fused-ring (bicyclic) bond motifs is 1. The predicted molar refractivity (Wildman–Crippen MR) is 109 cm³/mol. The topological polar surface area (TPSA) is 84.1 Å². The molecule has 0 aliphatic rings. The Kier molecular flexibility index (Phi) is 5.89. The lowest BCUT2D eigenvalue weighted by atomic mass is 10.0. The zero-order valence-electron chi connectivity index (χ0n) is 16.1. The van der Waals surface area contributed by atoms with Crippen molar-refractivity contribution in [3.63, 3.8) is 0 Å². The van der Waals surface area contributed by atoms with Crippen LogP contribution < -0.4 is 5.32 Å². The number of methoxy groups -OCH3 is 1. The van der Waals surface area contributed by atoms with E-state index in [9.17, 15) is 9.59 Å². The highest BCUT2D eigenvalue weighted by molar-refractivity contribution is 5.92. The summed E-state index contributed by atoms with van der Waals surface area (Å²) in [5.74, 6) is 0.299. The number of amides is 1. The molecule has 0 bridgehead atoms. The number of rotatable bonds is 6. The largest absolute Gasteiger partial charge is 0.465 e. The fourth-order valence-electron chi connectivity index (χ4n) is 2.89. The molecule has 0 aliphatic carbocycles. The molecule has 1 amide bonds. The number of nitrogens with zero attached hydrogens (tertiary/aromatic N) is 1. The van der Waals surface area contributed by atoms with Crippen LogP contribution in [0.2, 0.25) is 0 Å². The normalized spacial score (nSPS) is 12.4. The van der Waals surface area contributed by atoms with Gasteiger partial charge in [-0.2, -0.15) is 0 Å². The van der Waals surface area contributed by atoms with Crippen molar-refractivity contribution in [2.45, 2.75) is 19.9 Å². The Labute approximate surface area is 163 Å². The molecule has 0 saturated carbocycles. The van der Waals surface area contributed by atoms with Crippen LogP contribution >= 0.6 is 0 Å². The third kappa shape index (κ3) is 4.46. The second kappa shape index (κ2) is 8.52. The minimum atomic E-state index is -0.390. The van der Waals surface area contributed by atoms with Gasteiger partial charge in [-0.05, 0) is 41.8 Å². The van der Waals surface area contributed by atoms with Crippen molar-refractivity contribution in [1.82, 2.24) is 15.3 Å². The SMILES string of the molecule is COC(=O)c1ccc(C=CC(=O)N[C@H](c2nc3ccccc3[nH]2)C(C)C)cc1. The molecule has 6 nitrogen and oxygen atoms in total. The molecule has 1 atom stereocenters. The molecule has 2 N–H and O–H groups in total. The van der Waals surface area contributed by atoms with Crippen LogP contribution in [0.5, 0.6) is 0 Å². The standard InChI is InChI=1S/C22H23N3O3/c1-14(2)20(21-23-17-6-4-5-7-18(17)24-21)25-19(26)13-10-15-8-11-16(12-9-15)22(27)28-3/h4-14,20H,1-3H3,(H,23,24)(H,25,26)/t20-/m0/s1. The molecule has 0 fully saturated rings. The third-order valence-corrected chi connectivity index (χ3v) is 4.43. The quantitative estimate of drug-likeness (QED) is 0.504. The van der Waals surface area contributed by atoms with Gasteiger partial charge in [0.1, 0.15) is 5.82 Å². The van der Waals surface area contributed by atoms with E-state index in [4.69, 9.17) is 0 Å². The third-order valence-electron chi connectivity index (χ3n) is 4.43. The van der Waals surface area contributed by atoms with Crippen LogP contribution in [0.15, 0.2) is 54.6 Å². The van der Waals surface area contributed by atoms with Gasteiger partial charge in [0.15, 0.2) is 0 Å². The van der Waals surface area contributed by atoms with Gasteiger partial charge in [0.05, 0.1) is 29.7 Å². The number of imidazole rings is 1. The summed E-state index contributed by atoms with van der Waals surface area (Å²) in [5, 5.41) is 3.01. The van der Waals surface area contributed by atoms with Crippen molar-refractivity contribution in [3.8, 4) is 0 Å². The molecule has 3 rings (SSSR count). The van der Waals surface area contributed by atoms with Crippen LogP contribution in [0.25, 0.3) is 17.1 Å². The van der Waals surface area contributed by atoms with Crippen LogP contribution in [0.3, 0.4) is 0 Å². The van der Waals surface area contributed by atoms with Gasteiger partial charge >= 0.3 is 5.97 Å². The highest BCUT2D eigenvalue weighted by Crippen LogP contribution is 2.22. The summed E-state index contributed by atoms with van der Waals surface area (Å²) in [5.41, 5.74) is 3.10. The number of aromatic amines is 1. The molecule has 144 valence electrons. The summed E-state index contributed by atoms with van der Waals surface area (Å²) in [4.78, 5) is 31.8. The average Bonchev–Trinajstić information content (AvgIpc) is 3.13. The number of aromatic nitrogens is 2.